The first kappa shape index (κ1) is 25.3. The molecule has 1 aliphatic heterocycles. The molecule has 0 aromatic carbocycles. The molecule has 0 fully saturated rings. The number of aldehydes is 1. The number of carbonyl (C=O) groups is 4. The normalized spacial score (nSPS) is 12.9. The van der Waals surface area contributed by atoms with Gasteiger partial charge in [0, 0.05) is 30.3 Å². The molecule has 0 radical (unpaired) electrons. The van der Waals surface area contributed by atoms with Gasteiger partial charge in [-0.15, -0.1) is 0 Å². The highest BCUT2D eigenvalue weighted by atomic mass is 19.3. The Morgan fingerprint density at radius 3 is 2.69 bits per heavy atom. The smallest absolute Gasteiger partial charge is 0.263 e. The second-order valence-electron chi connectivity index (χ2n) is 7.08. The number of amides is 3. The molecule has 1 N–H and O–H groups in total. The maximum absolute atomic E-state index is 12.9. The monoisotopic (exact) mass is 484 g/mol. The van der Waals surface area contributed by atoms with Crippen molar-refractivity contribution in [1.82, 2.24) is 20.2 Å². The highest BCUT2D eigenvalue weighted by Gasteiger charge is 2.43. The lowest BCUT2D eigenvalue weighted by Crippen LogP contribution is -2.48. The molecule has 182 valence electrons. The summed E-state index contributed by atoms with van der Waals surface area (Å²) in [5.41, 5.74) is 0.531. The number of ether oxygens (including phenoxy) is 2. The van der Waals surface area contributed by atoms with Crippen LogP contribution in [0, 0.1) is 11.8 Å². The summed E-state index contributed by atoms with van der Waals surface area (Å²) >= 11 is 0. The predicted molar refractivity (Wildman–Crippen MR) is 117 cm³/mol. The zero-order valence-electron chi connectivity index (χ0n) is 18.7. The lowest BCUT2D eigenvalue weighted by atomic mass is 10.1. The van der Waals surface area contributed by atoms with Crippen molar-refractivity contribution in [3.63, 3.8) is 0 Å². The number of aromatic nitrogens is 2. The van der Waals surface area contributed by atoms with Gasteiger partial charge in [0.05, 0.1) is 23.9 Å². The van der Waals surface area contributed by atoms with E-state index in [0.29, 0.717) is 12.0 Å². The zero-order chi connectivity index (χ0) is 25.2. The highest BCUT2D eigenvalue weighted by molar-refractivity contribution is 6.22. The number of hydrogen-bond donors (Lipinski definition) is 1. The Bertz CT molecular complexity index is 1160. The maximum Gasteiger partial charge on any atom is 0.263 e. The average Bonchev–Trinajstić information content (AvgIpc) is 3.13. The molecule has 3 amide bonds. The summed E-state index contributed by atoms with van der Waals surface area (Å²) in [6.45, 7) is 0.354. The van der Waals surface area contributed by atoms with Gasteiger partial charge in [-0.1, -0.05) is 5.92 Å². The van der Waals surface area contributed by atoms with E-state index in [4.69, 9.17) is 9.47 Å². The number of rotatable bonds is 11. The lowest BCUT2D eigenvalue weighted by molar-refractivity contribution is -0.124. The third kappa shape index (κ3) is 6.15. The molecule has 12 heteroatoms. The van der Waals surface area contributed by atoms with Crippen LogP contribution in [0.2, 0.25) is 0 Å². The van der Waals surface area contributed by atoms with Crippen LogP contribution in [-0.4, -0.2) is 71.8 Å². The molecule has 11 nitrogen and oxygen atoms in total. The van der Waals surface area contributed by atoms with E-state index in [0.717, 1.165) is 4.90 Å². The van der Waals surface area contributed by atoms with Gasteiger partial charge in [-0.25, -0.2) is 9.97 Å². The van der Waals surface area contributed by atoms with Gasteiger partial charge in [-0.3, -0.25) is 24.2 Å². The van der Waals surface area contributed by atoms with Gasteiger partial charge in [0.1, 0.15) is 31.2 Å². The fraction of sp³-hybridized carbons (Fsp3) is 0.304. The van der Waals surface area contributed by atoms with Crippen molar-refractivity contribution in [3.05, 3.63) is 47.4 Å². The van der Waals surface area contributed by atoms with Crippen molar-refractivity contribution in [2.45, 2.75) is 18.9 Å². The molecule has 1 aliphatic rings. The van der Waals surface area contributed by atoms with Crippen LogP contribution >= 0.6 is 0 Å². The summed E-state index contributed by atoms with van der Waals surface area (Å²) in [6.07, 6.45) is 3.05. The number of imide groups is 1. The molecular weight excluding hydrogens is 463 g/mol. The minimum atomic E-state index is -1.11. The predicted octanol–water partition coefficient (Wildman–Crippen LogP) is 0.877. The Morgan fingerprint density at radius 1 is 1.20 bits per heavy atom. The lowest BCUT2D eigenvalue weighted by Gasteiger charge is -2.23. The number of fused-ring (bicyclic) bond motifs is 1. The number of nitrogens with zero attached hydrogens (tertiary/aromatic N) is 3. The van der Waals surface area contributed by atoms with Gasteiger partial charge in [0.15, 0.2) is 5.75 Å². The molecule has 1 atom stereocenters. The van der Waals surface area contributed by atoms with Gasteiger partial charge < -0.3 is 19.6 Å². The standard InChI is InChI=1S/C23H21FN4O7/c1-25-21(30)19(5-2-8-29)28-22(31)17-12-20(27-14-18(17)23(28)32)34-11-10-33-9-3-4-15-6-7-16(35-24)13-26-15/h6-8,12-14,19H,2,5,9-11H2,1H3,(H,25,30). The number of likely N-dealkylation sites (N-methyl/N-ethyl adjacent to an activating group) is 1. The number of carbonyl (C=O) groups excluding carboxylic acids is 4. The van der Waals surface area contributed by atoms with Crippen molar-refractivity contribution in [2.24, 2.45) is 0 Å². The van der Waals surface area contributed by atoms with E-state index in [1.54, 1.807) is 0 Å². The highest BCUT2D eigenvalue weighted by Crippen LogP contribution is 2.28. The summed E-state index contributed by atoms with van der Waals surface area (Å²) in [6, 6.07) is 3.10. The van der Waals surface area contributed by atoms with E-state index < -0.39 is 23.8 Å². The topological polar surface area (TPSA) is 137 Å². The van der Waals surface area contributed by atoms with Crippen LogP contribution in [0.5, 0.6) is 11.6 Å². The fourth-order valence-electron chi connectivity index (χ4n) is 3.22. The first-order valence-electron chi connectivity index (χ1n) is 10.5. The molecule has 0 saturated heterocycles. The van der Waals surface area contributed by atoms with Crippen molar-refractivity contribution >= 4 is 24.0 Å². The summed E-state index contributed by atoms with van der Waals surface area (Å²) in [7, 11) is 1.38. The Labute approximate surface area is 199 Å². The van der Waals surface area contributed by atoms with Gasteiger partial charge in [-0.05, 0) is 24.5 Å². The summed E-state index contributed by atoms with van der Waals surface area (Å²) in [5, 5.41) is 2.41. The van der Waals surface area contributed by atoms with Crippen LogP contribution in [0.15, 0.2) is 30.6 Å². The maximum atomic E-state index is 12.9. The Hall–Kier alpha value is -4.37. The molecule has 0 spiro atoms. The number of hydrogen-bond acceptors (Lipinski definition) is 9. The van der Waals surface area contributed by atoms with Crippen LogP contribution < -0.4 is 15.0 Å². The van der Waals surface area contributed by atoms with Crippen molar-refractivity contribution in [2.75, 3.05) is 26.9 Å². The molecule has 3 heterocycles. The number of nitrogens with one attached hydrogen (secondary N) is 1. The summed E-state index contributed by atoms with van der Waals surface area (Å²) < 4.78 is 22.8. The van der Waals surface area contributed by atoms with E-state index in [9.17, 15) is 23.7 Å². The van der Waals surface area contributed by atoms with Gasteiger partial charge in [-0.2, -0.15) is 0 Å². The largest absolute Gasteiger partial charge is 0.475 e. The van der Waals surface area contributed by atoms with E-state index in [1.807, 2.05) is 0 Å². The second-order valence-corrected chi connectivity index (χ2v) is 7.08. The second kappa shape index (κ2) is 12.2. The van der Waals surface area contributed by atoms with Gasteiger partial charge >= 0.3 is 0 Å². The van der Waals surface area contributed by atoms with Gasteiger partial charge in [0.2, 0.25) is 11.8 Å². The molecule has 0 saturated carbocycles. The quantitative estimate of drug-likeness (QED) is 0.213. The average molecular weight is 484 g/mol. The fourth-order valence-corrected chi connectivity index (χ4v) is 3.22. The van der Waals surface area contributed by atoms with Gasteiger partial charge in [0.25, 0.3) is 11.8 Å². The Morgan fingerprint density at radius 2 is 2.00 bits per heavy atom. The Kier molecular flexibility index (Phi) is 8.80. The third-order valence-electron chi connectivity index (χ3n) is 4.89. The number of halogens is 1. The summed E-state index contributed by atoms with van der Waals surface area (Å²) in [5.74, 6) is 3.69. The van der Waals surface area contributed by atoms with Crippen molar-refractivity contribution in [3.8, 4) is 23.5 Å². The van der Waals surface area contributed by atoms with Crippen molar-refractivity contribution in [1.29, 1.82) is 0 Å². The molecule has 3 rings (SSSR count). The first-order chi connectivity index (χ1) is 17.0. The summed E-state index contributed by atoms with van der Waals surface area (Å²) in [4.78, 5) is 60.9. The minimum absolute atomic E-state index is 0.0130. The molecule has 2 aromatic rings. The first-order valence-corrected chi connectivity index (χ1v) is 10.5. The van der Waals surface area contributed by atoms with E-state index in [2.05, 4.69) is 32.1 Å². The van der Waals surface area contributed by atoms with E-state index >= 15 is 0 Å². The van der Waals surface area contributed by atoms with Crippen LogP contribution in [0.25, 0.3) is 0 Å². The molecule has 1 unspecified atom stereocenters. The molecular formula is C23H21FN4O7. The molecule has 0 bridgehead atoms. The van der Waals surface area contributed by atoms with Crippen LogP contribution in [-0.2, 0) is 14.3 Å². The van der Waals surface area contributed by atoms with Crippen LogP contribution in [0.1, 0.15) is 39.3 Å². The van der Waals surface area contributed by atoms with Crippen LogP contribution in [0.3, 0.4) is 0 Å². The Balaban J connectivity index is 1.53. The van der Waals surface area contributed by atoms with Crippen LogP contribution in [0.4, 0.5) is 4.53 Å². The SMILES string of the molecule is CNC(=O)C(CCC=O)N1C(=O)c2cnc(OCCOCC#Cc3ccc(OF)cn3)cc2C1=O. The minimum Gasteiger partial charge on any atom is -0.475 e. The number of pyridine rings is 2. The third-order valence-corrected chi connectivity index (χ3v) is 4.89. The van der Waals surface area contributed by atoms with E-state index in [-0.39, 0.29) is 55.4 Å². The molecule has 35 heavy (non-hydrogen) atoms. The molecule has 2 aromatic heterocycles. The zero-order valence-corrected chi connectivity index (χ0v) is 18.7. The van der Waals surface area contributed by atoms with Crippen molar-refractivity contribution < 1.29 is 38.1 Å². The van der Waals surface area contributed by atoms with E-state index in [1.165, 1.54) is 37.6 Å². The molecule has 0 aliphatic carbocycles.